The molecule has 5 rings (SSSR count). The Hall–Kier alpha value is -2.94. The molecule has 0 aliphatic carbocycles. The number of H-pyrrole nitrogens is 2. The van der Waals surface area contributed by atoms with Crippen LogP contribution in [-0.2, 0) is 29.1 Å². The van der Waals surface area contributed by atoms with E-state index in [9.17, 15) is 14.0 Å². The summed E-state index contributed by atoms with van der Waals surface area (Å²) < 4.78 is 21.3. The average molecular weight is 385 g/mol. The fourth-order valence-corrected chi connectivity index (χ4v) is 4.32. The maximum Gasteiger partial charge on any atom is 0.343 e. The molecule has 1 amide bonds. The number of nitrogens with one attached hydrogen (secondary N) is 2. The van der Waals surface area contributed by atoms with Crippen molar-refractivity contribution < 1.29 is 13.9 Å². The SMILES string of the molecule is Cc1[nH]c2ccc(F)cc2c1CC(=O)N1CCC2(C1)Cn1c(n[nH]c1=O)CO2. The van der Waals surface area contributed by atoms with Gasteiger partial charge in [0.25, 0.3) is 0 Å². The molecule has 9 heteroatoms. The summed E-state index contributed by atoms with van der Waals surface area (Å²) in [6, 6.07) is 4.55. The number of nitrogens with zero attached hydrogens (tertiary/aromatic N) is 3. The summed E-state index contributed by atoms with van der Waals surface area (Å²) in [4.78, 5) is 29.8. The van der Waals surface area contributed by atoms with Crippen LogP contribution >= 0.6 is 0 Å². The highest BCUT2D eigenvalue weighted by Gasteiger charge is 2.44. The first kappa shape index (κ1) is 17.2. The van der Waals surface area contributed by atoms with E-state index in [1.807, 2.05) is 6.92 Å². The first-order valence-corrected chi connectivity index (χ1v) is 9.27. The predicted octanol–water partition coefficient (Wildman–Crippen LogP) is 1.24. The number of fused-ring (bicyclic) bond motifs is 2. The number of amides is 1. The fourth-order valence-electron chi connectivity index (χ4n) is 4.32. The van der Waals surface area contributed by atoms with Crippen LogP contribution in [0, 0.1) is 12.7 Å². The van der Waals surface area contributed by atoms with Gasteiger partial charge in [0, 0.05) is 23.1 Å². The number of aromatic amines is 2. The summed E-state index contributed by atoms with van der Waals surface area (Å²) in [7, 11) is 0. The molecule has 2 aliphatic rings. The first-order valence-electron chi connectivity index (χ1n) is 9.27. The minimum absolute atomic E-state index is 0.0286. The largest absolute Gasteiger partial charge is 0.363 e. The van der Waals surface area contributed by atoms with Gasteiger partial charge in [0.1, 0.15) is 18.0 Å². The number of aromatic nitrogens is 4. The van der Waals surface area contributed by atoms with Crippen LogP contribution in [-0.4, -0.2) is 49.2 Å². The number of rotatable bonds is 2. The second-order valence-electron chi connectivity index (χ2n) is 7.66. The highest BCUT2D eigenvalue weighted by molar-refractivity contribution is 5.90. The smallest absolute Gasteiger partial charge is 0.343 e. The van der Waals surface area contributed by atoms with E-state index in [1.54, 1.807) is 15.5 Å². The molecule has 28 heavy (non-hydrogen) atoms. The fraction of sp³-hybridized carbons (Fsp3) is 0.421. The van der Waals surface area contributed by atoms with Gasteiger partial charge in [0.2, 0.25) is 5.91 Å². The highest BCUT2D eigenvalue weighted by Crippen LogP contribution is 2.32. The predicted molar refractivity (Wildman–Crippen MR) is 98.3 cm³/mol. The van der Waals surface area contributed by atoms with Gasteiger partial charge >= 0.3 is 5.69 Å². The standard InChI is InChI=1S/C19H20FN5O3/c1-11-13(14-6-12(20)2-3-15(14)21-11)7-17(26)24-5-4-19(9-24)10-25-16(8-28-19)22-23-18(25)27/h2-3,6,21H,4-5,7-10H2,1H3,(H,23,27). The van der Waals surface area contributed by atoms with Crippen LogP contribution < -0.4 is 5.69 Å². The third-order valence-corrected chi connectivity index (χ3v) is 5.87. The van der Waals surface area contributed by atoms with Crippen molar-refractivity contribution in [1.82, 2.24) is 24.6 Å². The maximum absolute atomic E-state index is 13.7. The molecule has 1 saturated heterocycles. The van der Waals surface area contributed by atoms with Crippen LogP contribution in [0.15, 0.2) is 23.0 Å². The molecule has 1 aromatic carbocycles. The number of hydrogen-bond donors (Lipinski definition) is 2. The van der Waals surface area contributed by atoms with Crippen LogP contribution in [0.4, 0.5) is 4.39 Å². The van der Waals surface area contributed by atoms with Crippen LogP contribution in [0.1, 0.15) is 23.5 Å². The number of benzene rings is 1. The topological polar surface area (TPSA) is 96.0 Å². The van der Waals surface area contributed by atoms with Crippen molar-refractivity contribution in [1.29, 1.82) is 0 Å². The Labute approximate surface area is 159 Å². The Kier molecular flexibility index (Phi) is 3.70. The van der Waals surface area contributed by atoms with E-state index >= 15 is 0 Å². The molecular formula is C19H20FN5O3. The van der Waals surface area contributed by atoms with Crippen molar-refractivity contribution in [3.63, 3.8) is 0 Å². The van der Waals surface area contributed by atoms with Gasteiger partial charge in [-0.05, 0) is 37.1 Å². The Bertz CT molecular complexity index is 1150. The molecule has 2 aromatic heterocycles. The lowest BCUT2D eigenvalue weighted by Crippen LogP contribution is -2.47. The quantitative estimate of drug-likeness (QED) is 0.694. The number of carbonyl (C=O) groups is 1. The van der Waals surface area contributed by atoms with Gasteiger partial charge in [0.15, 0.2) is 5.82 Å². The molecule has 2 N–H and O–H groups in total. The van der Waals surface area contributed by atoms with Crippen molar-refractivity contribution in [2.75, 3.05) is 13.1 Å². The molecule has 1 atom stereocenters. The lowest BCUT2D eigenvalue weighted by molar-refractivity contribution is -0.132. The summed E-state index contributed by atoms with van der Waals surface area (Å²) in [5.41, 5.74) is 1.70. The normalized spacial score (nSPS) is 21.6. The van der Waals surface area contributed by atoms with E-state index in [0.29, 0.717) is 31.9 Å². The van der Waals surface area contributed by atoms with Crippen molar-refractivity contribution >= 4 is 16.8 Å². The molecule has 146 valence electrons. The summed E-state index contributed by atoms with van der Waals surface area (Å²) >= 11 is 0. The number of carbonyl (C=O) groups excluding carboxylic acids is 1. The van der Waals surface area contributed by atoms with Crippen molar-refractivity contribution in [3.8, 4) is 0 Å². The third kappa shape index (κ3) is 2.65. The molecule has 1 fully saturated rings. The second-order valence-corrected chi connectivity index (χ2v) is 7.66. The van der Waals surface area contributed by atoms with Gasteiger partial charge in [-0.25, -0.2) is 14.3 Å². The van der Waals surface area contributed by atoms with Gasteiger partial charge in [-0.2, -0.15) is 5.10 Å². The maximum atomic E-state index is 13.7. The van der Waals surface area contributed by atoms with E-state index in [4.69, 9.17) is 4.74 Å². The lowest BCUT2D eigenvalue weighted by atomic mass is 10.0. The van der Waals surface area contributed by atoms with E-state index in [-0.39, 0.29) is 30.4 Å². The number of halogens is 1. The number of likely N-dealkylation sites (tertiary alicyclic amines) is 1. The molecule has 4 heterocycles. The van der Waals surface area contributed by atoms with Crippen molar-refractivity contribution in [3.05, 3.63) is 51.6 Å². The Morgan fingerprint density at radius 3 is 3.11 bits per heavy atom. The molecule has 2 aliphatic heterocycles. The van der Waals surface area contributed by atoms with E-state index in [1.165, 1.54) is 12.1 Å². The summed E-state index contributed by atoms with van der Waals surface area (Å²) in [5.74, 6) is 0.230. The minimum Gasteiger partial charge on any atom is -0.363 e. The monoisotopic (exact) mass is 385 g/mol. The zero-order valence-corrected chi connectivity index (χ0v) is 15.4. The Balaban J connectivity index is 1.35. The molecule has 0 radical (unpaired) electrons. The molecular weight excluding hydrogens is 365 g/mol. The zero-order valence-electron chi connectivity index (χ0n) is 15.4. The van der Waals surface area contributed by atoms with Crippen molar-refractivity contribution in [2.24, 2.45) is 0 Å². The van der Waals surface area contributed by atoms with Gasteiger partial charge < -0.3 is 14.6 Å². The molecule has 1 unspecified atom stereocenters. The average Bonchev–Trinajstić information content (AvgIpc) is 3.33. The third-order valence-electron chi connectivity index (χ3n) is 5.87. The summed E-state index contributed by atoms with van der Waals surface area (Å²) in [5, 5.41) is 7.13. The van der Waals surface area contributed by atoms with Gasteiger partial charge in [-0.3, -0.25) is 9.36 Å². The van der Waals surface area contributed by atoms with Crippen LogP contribution in [0.5, 0.6) is 0 Å². The highest BCUT2D eigenvalue weighted by atomic mass is 19.1. The van der Waals surface area contributed by atoms with Crippen LogP contribution in [0.25, 0.3) is 10.9 Å². The van der Waals surface area contributed by atoms with Crippen LogP contribution in [0.2, 0.25) is 0 Å². The van der Waals surface area contributed by atoms with Gasteiger partial charge in [-0.1, -0.05) is 0 Å². The Morgan fingerprint density at radius 1 is 1.39 bits per heavy atom. The van der Waals surface area contributed by atoms with Crippen LogP contribution in [0.3, 0.4) is 0 Å². The minimum atomic E-state index is -0.558. The van der Waals surface area contributed by atoms with E-state index in [0.717, 1.165) is 22.2 Å². The second kappa shape index (κ2) is 6.03. The lowest BCUT2D eigenvalue weighted by Gasteiger charge is -2.33. The number of hydrogen-bond acceptors (Lipinski definition) is 4. The summed E-state index contributed by atoms with van der Waals surface area (Å²) in [6.45, 7) is 3.53. The number of ether oxygens (including phenoxy) is 1. The van der Waals surface area contributed by atoms with E-state index < -0.39 is 5.60 Å². The Morgan fingerprint density at radius 2 is 2.25 bits per heavy atom. The van der Waals surface area contributed by atoms with Gasteiger partial charge in [0.05, 0.1) is 19.5 Å². The molecule has 1 spiro atoms. The molecule has 0 saturated carbocycles. The number of aryl methyl sites for hydroxylation is 1. The molecule has 3 aromatic rings. The van der Waals surface area contributed by atoms with Gasteiger partial charge in [-0.15, -0.1) is 0 Å². The van der Waals surface area contributed by atoms with E-state index in [2.05, 4.69) is 15.2 Å². The van der Waals surface area contributed by atoms with Crippen molar-refractivity contribution in [2.45, 2.75) is 38.5 Å². The summed E-state index contributed by atoms with van der Waals surface area (Å²) in [6.07, 6.45) is 0.861. The molecule has 0 bridgehead atoms. The first-order chi connectivity index (χ1) is 13.4. The zero-order chi connectivity index (χ0) is 19.5. The molecule has 8 nitrogen and oxygen atoms in total.